The van der Waals surface area contributed by atoms with E-state index in [0.29, 0.717) is 40.4 Å². The van der Waals surface area contributed by atoms with Crippen molar-refractivity contribution in [3.8, 4) is 5.75 Å². The van der Waals surface area contributed by atoms with Gasteiger partial charge in [-0.15, -0.1) is 0 Å². The number of rotatable bonds is 6. The molecule has 0 unspecified atom stereocenters. The molecule has 2 aromatic rings. The number of amides is 1. The lowest BCUT2D eigenvalue weighted by molar-refractivity contribution is -0.144. The number of pyridine rings is 1. The number of aromatic nitrogens is 1. The van der Waals surface area contributed by atoms with Gasteiger partial charge in [0.25, 0.3) is 5.91 Å². The predicted octanol–water partition coefficient (Wildman–Crippen LogP) is 4.20. The number of hydrogen-bond acceptors (Lipinski definition) is 5. The first-order valence-corrected chi connectivity index (χ1v) is 10.3. The van der Waals surface area contributed by atoms with Gasteiger partial charge in [0, 0.05) is 28.8 Å². The molecule has 1 saturated heterocycles. The van der Waals surface area contributed by atoms with Crippen LogP contribution < -0.4 is 10.1 Å². The number of benzene rings is 1. The van der Waals surface area contributed by atoms with Crippen LogP contribution >= 0.6 is 27.5 Å². The molecule has 154 valence electrons. The Hall–Kier alpha value is -2.16. The second kappa shape index (κ2) is 9.56. The highest BCUT2D eigenvalue weighted by Crippen LogP contribution is 2.30. The number of nitrogens with one attached hydrogen (secondary N) is 1. The third-order valence-corrected chi connectivity index (χ3v) is 6.16. The summed E-state index contributed by atoms with van der Waals surface area (Å²) >= 11 is 9.52. The van der Waals surface area contributed by atoms with Gasteiger partial charge in [-0.25, -0.2) is 0 Å². The number of aliphatic carboxylic acids is 1. The number of carboxylic acid groups (broad SMARTS) is 1. The van der Waals surface area contributed by atoms with Crippen LogP contribution in [-0.2, 0) is 11.3 Å². The highest BCUT2D eigenvalue weighted by molar-refractivity contribution is 9.10. The molecule has 2 N–H and O–H groups in total. The van der Waals surface area contributed by atoms with E-state index in [1.165, 1.54) is 7.11 Å². The molecule has 1 atom stereocenters. The Morgan fingerprint density at radius 3 is 2.93 bits per heavy atom. The van der Waals surface area contributed by atoms with Gasteiger partial charge in [-0.3, -0.25) is 19.5 Å². The second-order valence-electron chi connectivity index (χ2n) is 6.76. The van der Waals surface area contributed by atoms with Crippen molar-refractivity contribution in [1.29, 1.82) is 0 Å². The fourth-order valence-electron chi connectivity index (χ4n) is 3.36. The van der Waals surface area contributed by atoms with Crippen molar-refractivity contribution in [2.45, 2.75) is 31.8 Å². The number of carbonyl (C=O) groups is 2. The van der Waals surface area contributed by atoms with Crippen molar-refractivity contribution >= 4 is 45.1 Å². The lowest BCUT2D eigenvalue weighted by Gasteiger charge is -2.33. The van der Waals surface area contributed by atoms with Gasteiger partial charge in [-0.2, -0.15) is 0 Å². The van der Waals surface area contributed by atoms with Gasteiger partial charge < -0.3 is 15.2 Å². The minimum atomic E-state index is -0.821. The van der Waals surface area contributed by atoms with Crippen molar-refractivity contribution in [3.05, 3.63) is 51.2 Å². The van der Waals surface area contributed by atoms with E-state index in [0.717, 1.165) is 18.4 Å². The summed E-state index contributed by atoms with van der Waals surface area (Å²) in [5.74, 6) is -0.755. The van der Waals surface area contributed by atoms with Crippen LogP contribution in [0.4, 0.5) is 5.69 Å². The SMILES string of the molecule is COc1cc(C(=O)Nc2cccc(Br)c2Cl)ncc1CN1CCCC[C@H]1C(=O)O. The summed E-state index contributed by atoms with van der Waals surface area (Å²) in [6, 6.07) is 6.27. The minimum Gasteiger partial charge on any atom is -0.496 e. The van der Waals surface area contributed by atoms with E-state index >= 15 is 0 Å². The molecular weight excluding hydrogens is 462 g/mol. The zero-order valence-electron chi connectivity index (χ0n) is 15.8. The first-order valence-electron chi connectivity index (χ1n) is 9.16. The summed E-state index contributed by atoms with van der Waals surface area (Å²) in [4.78, 5) is 30.3. The lowest BCUT2D eigenvalue weighted by Crippen LogP contribution is -2.44. The number of carboxylic acids is 1. The topological polar surface area (TPSA) is 91.8 Å². The maximum Gasteiger partial charge on any atom is 0.320 e. The van der Waals surface area contributed by atoms with E-state index in [-0.39, 0.29) is 5.69 Å². The zero-order valence-corrected chi connectivity index (χ0v) is 18.2. The minimum absolute atomic E-state index is 0.176. The van der Waals surface area contributed by atoms with Gasteiger partial charge >= 0.3 is 5.97 Å². The molecule has 0 aliphatic carbocycles. The molecule has 3 rings (SSSR count). The Morgan fingerprint density at radius 1 is 1.41 bits per heavy atom. The van der Waals surface area contributed by atoms with Gasteiger partial charge in [0.05, 0.1) is 17.8 Å². The Kier molecular flexibility index (Phi) is 7.10. The summed E-state index contributed by atoms with van der Waals surface area (Å²) in [7, 11) is 1.51. The maximum absolute atomic E-state index is 12.6. The lowest BCUT2D eigenvalue weighted by atomic mass is 10.0. The molecule has 2 heterocycles. The number of anilines is 1. The predicted molar refractivity (Wildman–Crippen MR) is 114 cm³/mol. The van der Waals surface area contributed by atoms with Gasteiger partial charge in [0.2, 0.25) is 0 Å². The number of piperidine rings is 1. The molecule has 0 spiro atoms. The average Bonchev–Trinajstić information content (AvgIpc) is 2.72. The van der Waals surface area contributed by atoms with Crippen LogP contribution in [-0.4, -0.2) is 46.6 Å². The molecule has 1 aliphatic rings. The van der Waals surface area contributed by atoms with E-state index in [2.05, 4.69) is 26.2 Å². The number of methoxy groups -OCH3 is 1. The van der Waals surface area contributed by atoms with Crippen molar-refractivity contribution in [3.63, 3.8) is 0 Å². The number of carbonyl (C=O) groups excluding carboxylic acids is 1. The number of ether oxygens (including phenoxy) is 1. The highest BCUT2D eigenvalue weighted by Gasteiger charge is 2.29. The molecule has 9 heteroatoms. The van der Waals surface area contributed by atoms with Crippen LogP contribution in [0.25, 0.3) is 0 Å². The molecule has 29 heavy (non-hydrogen) atoms. The molecule has 1 aromatic carbocycles. The fraction of sp³-hybridized carbons (Fsp3) is 0.350. The molecule has 0 radical (unpaired) electrons. The van der Waals surface area contributed by atoms with Gasteiger partial charge in [-0.1, -0.05) is 24.1 Å². The highest BCUT2D eigenvalue weighted by atomic mass is 79.9. The van der Waals surface area contributed by atoms with Crippen LogP contribution in [0.3, 0.4) is 0 Å². The largest absolute Gasteiger partial charge is 0.496 e. The van der Waals surface area contributed by atoms with Gasteiger partial charge in [0.1, 0.15) is 17.5 Å². The van der Waals surface area contributed by atoms with Gasteiger partial charge in [-0.05, 0) is 47.4 Å². The molecular formula is C20H21BrClN3O4. The summed E-state index contributed by atoms with van der Waals surface area (Å²) < 4.78 is 6.11. The Morgan fingerprint density at radius 2 is 2.21 bits per heavy atom. The third kappa shape index (κ3) is 5.07. The molecule has 7 nitrogen and oxygen atoms in total. The van der Waals surface area contributed by atoms with Crippen molar-refractivity contribution in [2.75, 3.05) is 19.0 Å². The summed E-state index contributed by atoms with van der Waals surface area (Å²) in [5.41, 5.74) is 1.38. The van der Waals surface area contributed by atoms with E-state index in [1.807, 2.05) is 4.90 Å². The van der Waals surface area contributed by atoms with Crippen LogP contribution in [0.5, 0.6) is 5.75 Å². The summed E-state index contributed by atoms with van der Waals surface area (Å²) in [6.45, 7) is 1.09. The van der Waals surface area contributed by atoms with Crippen molar-refractivity contribution < 1.29 is 19.4 Å². The van der Waals surface area contributed by atoms with Crippen LogP contribution in [0.1, 0.15) is 35.3 Å². The van der Waals surface area contributed by atoms with E-state index in [9.17, 15) is 14.7 Å². The second-order valence-corrected chi connectivity index (χ2v) is 7.99. The molecule has 1 fully saturated rings. The summed E-state index contributed by atoms with van der Waals surface area (Å²) in [6.07, 6.45) is 4.04. The smallest absolute Gasteiger partial charge is 0.320 e. The molecule has 1 amide bonds. The Bertz CT molecular complexity index is 925. The first-order chi connectivity index (χ1) is 13.9. The van der Waals surface area contributed by atoms with E-state index in [4.69, 9.17) is 16.3 Å². The Labute approximate surface area is 182 Å². The van der Waals surface area contributed by atoms with Crippen LogP contribution in [0.2, 0.25) is 5.02 Å². The fourth-order valence-corrected chi connectivity index (χ4v) is 3.90. The van der Waals surface area contributed by atoms with Crippen LogP contribution in [0.15, 0.2) is 34.9 Å². The monoisotopic (exact) mass is 481 g/mol. The molecule has 1 aliphatic heterocycles. The number of hydrogen-bond donors (Lipinski definition) is 2. The first kappa shape index (κ1) is 21.5. The van der Waals surface area contributed by atoms with E-state index < -0.39 is 17.9 Å². The molecule has 0 bridgehead atoms. The summed E-state index contributed by atoms with van der Waals surface area (Å²) in [5, 5.41) is 12.6. The van der Waals surface area contributed by atoms with Gasteiger partial charge in [0.15, 0.2) is 0 Å². The van der Waals surface area contributed by atoms with Crippen molar-refractivity contribution in [2.24, 2.45) is 0 Å². The number of halogens is 2. The molecule has 0 saturated carbocycles. The average molecular weight is 483 g/mol. The Balaban J connectivity index is 1.78. The van der Waals surface area contributed by atoms with Crippen LogP contribution in [0, 0.1) is 0 Å². The maximum atomic E-state index is 12.6. The molecule has 1 aromatic heterocycles. The van der Waals surface area contributed by atoms with Crippen molar-refractivity contribution in [1.82, 2.24) is 9.88 Å². The third-order valence-electron chi connectivity index (χ3n) is 4.87. The van der Waals surface area contributed by atoms with E-state index in [1.54, 1.807) is 30.5 Å². The number of likely N-dealkylation sites (tertiary alicyclic amines) is 1. The normalized spacial score (nSPS) is 17.0. The quantitative estimate of drug-likeness (QED) is 0.641. The zero-order chi connectivity index (χ0) is 21.0. The standard InChI is InChI=1S/C20H21BrClN3O4/c1-29-17-9-15(19(26)24-14-6-4-5-13(21)18(14)22)23-10-12(17)11-25-8-3-2-7-16(25)20(27)28/h4-6,9-10,16H,2-3,7-8,11H2,1H3,(H,24,26)(H,27,28)/t16-/m0/s1. The number of nitrogens with zero attached hydrogens (tertiary/aromatic N) is 2.